The van der Waals surface area contributed by atoms with Crippen molar-refractivity contribution < 1.29 is 14.7 Å². The second kappa shape index (κ2) is 8.06. The van der Waals surface area contributed by atoms with E-state index in [2.05, 4.69) is 36.5 Å². The van der Waals surface area contributed by atoms with E-state index < -0.39 is 12.1 Å². The van der Waals surface area contributed by atoms with Crippen molar-refractivity contribution in [2.75, 3.05) is 10.6 Å². The molecule has 0 fully saturated rings. The summed E-state index contributed by atoms with van der Waals surface area (Å²) in [7, 11) is 0. The lowest BCUT2D eigenvalue weighted by molar-refractivity contribution is 0.127. The summed E-state index contributed by atoms with van der Waals surface area (Å²) in [5.74, 6) is 0.755. The number of pyridine rings is 1. The molecule has 0 spiro atoms. The molecule has 3 amide bonds. The number of nitrogens with zero attached hydrogens (tertiary/aromatic N) is 3. The van der Waals surface area contributed by atoms with Gasteiger partial charge in [-0.1, -0.05) is 6.07 Å². The summed E-state index contributed by atoms with van der Waals surface area (Å²) in [5.41, 5.74) is 0.542. The summed E-state index contributed by atoms with van der Waals surface area (Å²) in [6, 6.07) is 4.39. The first-order chi connectivity index (χ1) is 11.3. The van der Waals surface area contributed by atoms with Crippen molar-refractivity contribution >= 4 is 51.0 Å². The number of hydrogen-bond acceptors (Lipinski definition) is 5. The molecule has 2 rings (SSSR count). The minimum atomic E-state index is -1.02. The van der Waals surface area contributed by atoms with Gasteiger partial charge in [-0.2, -0.15) is 0 Å². The Morgan fingerprint density at radius 2 is 2.00 bits per heavy atom. The number of carboxylic acid groups (broad SMARTS) is 1. The fraction of sp³-hybridized carbons (Fsp3) is 0.286. The zero-order chi connectivity index (χ0) is 17.7. The second-order valence-electron chi connectivity index (χ2n) is 5.08. The first-order valence-corrected chi connectivity index (χ1v) is 8.67. The molecule has 0 aromatic carbocycles. The van der Waals surface area contributed by atoms with Gasteiger partial charge in [0, 0.05) is 11.4 Å². The summed E-state index contributed by atoms with van der Waals surface area (Å²) < 4.78 is 0.667. The molecule has 0 aliphatic heterocycles. The number of carbonyl (C=O) groups excluding carboxylic acids is 1. The third-order valence-corrected chi connectivity index (χ3v) is 4.33. The quantitative estimate of drug-likeness (QED) is 0.689. The fourth-order valence-electron chi connectivity index (χ4n) is 1.86. The summed E-state index contributed by atoms with van der Waals surface area (Å²) in [5, 5.41) is 16.1. The van der Waals surface area contributed by atoms with Crippen LogP contribution in [0.25, 0.3) is 0 Å². The standard InChI is InChI=1S/C14H16BrN5O3S/c1-8(2)20(14(22)23)6-9-4-3-5-10(16-9)18-13(21)19-11-7-24-12(15)17-11/h3-5,7-8H,6H2,1-2H3,(H,22,23)(H2,16,18,19,21). The summed E-state index contributed by atoms with van der Waals surface area (Å²) in [6.45, 7) is 3.72. The van der Waals surface area contributed by atoms with E-state index in [4.69, 9.17) is 0 Å². The zero-order valence-corrected chi connectivity index (χ0v) is 15.4. The highest BCUT2D eigenvalue weighted by molar-refractivity contribution is 9.11. The number of urea groups is 1. The molecule has 10 heteroatoms. The van der Waals surface area contributed by atoms with Crippen LogP contribution in [-0.2, 0) is 6.54 Å². The molecule has 0 bridgehead atoms. The number of carbonyl (C=O) groups is 2. The Labute approximate surface area is 151 Å². The maximum atomic E-state index is 11.9. The number of aromatic nitrogens is 2. The molecule has 2 heterocycles. The van der Waals surface area contributed by atoms with Crippen LogP contribution in [-0.4, -0.2) is 38.1 Å². The molecule has 0 saturated carbocycles. The highest BCUT2D eigenvalue weighted by Gasteiger charge is 2.16. The molecule has 0 atom stereocenters. The predicted octanol–water partition coefficient (Wildman–Crippen LogP) is 3.83. The molecule has 8 nitrogen and oxygen atoms in total. The van der Waals surface area contributed by atoms with Crippen molar-refractivity contribution in [3.8, 4) is 0 Å². The molecule has 0 radical (unpaired) electrons. The maximum Gasteiger partial charge on any atom is 0.407 e. The lowest BCUT2D eigenvalue weighted by atomic mass is 10.3. The predicted molar refractivity (Wildman–Crippen MR) is 95.4 cm³/mol. The van der Waals surface area contributed by atoms with Crippen LogP contribution in [0.2, 0.25) is 0 Å². The highest BCUT2D eigenvalue weighted by Crippen LogP contribution is 2.19. The largest absolute Gasteiger partial charge is 0.465 e. The number of amides is 3. The molecule has 2 aromatic rings. The normalized spacial score (nSPS) is 10.5. The first kappa shape index (κ1) is 18.1. The van der Waals surface area contributed by atoms with Crippen molar-refractivity contribution in [2.45, 2.75) is 26.4 Å². The van der Waals surface area contributed by atoms with Crippen LogP contribution >= 0.6 is 27.3 Å². The van der Waals surface area contributed by atoms with E-state index in [0.29, 0.717) is 21.2 Å². The second-order valence-corrected chi connectivity index (χ2v) is 7.22. The Bertz CT molecular complexity index is 737. The van der Waals surface area contributed by atoms with E-state index in [9.17, 15) is 14.7 Å². The lowest BCUT2D eigenvalue weighted by Crippen LogP contribution is -2.35. The Kier molecular flexibility index (Phi) is 6.10. The van der Waals surface area contributed by atoms with Crippen molar-refractivity contribution in [3.63, 3.8) is 0 Å². The molecule has 128 valence electrons. The van der Waals surface area contributed by atoms with Crippen LogP contribution in [0.3, 0.4) is 0 Å². The first-order valence-electron chi connectivity index (χ1n) is 6.99. The van der Waals surface area contributed by atoms with Crippen molar-refractivity contribution in [2.24, 2.45) is 0 Å². The van der Waals surface area contributed by atoms with Gasteiger partial charge in [-0.15, -0.1) is 11.3 Å². The minimum absolute atomic E-state index is 0.142. The Morgan fingerprint density at radius 3 is 2.58 bits per heavy atom. The minimum Gasteiger partial charge on any atom is -0.465 e. The van der Waals surface area contributed by atoms with Gasteiger partial charge >= 0.3 is 12.1 Å². The molecular formula is C14H16BrN5O3S. The van der Waals surface area contributed by atoms with Gasteiger partial charge in [0.05, 0.1) is 12.2 Å². The van der Waals surface area contributed by atoms with E-state index in [1.54, 1.807) is 37.4 Å². The van der Waals surface area contributed by atoms with Gasteiger partial charge in [0.15, 0.2) is 3.92 Å². The number of anilines is 2. The van der Waals surface area contributed by atoms with Crippen LogP contribution in [0.4, 0.5) is 21.2 Å². The van der Waals surface area contributed by atoms with E-state index in [-0.39, 0.29) is 12.6 Å². The van der Waals surface area contributed by atoms with Crippen molar-refractivity contribution in [3.05, 3.63) is 33.2 Å². The van der Waals surface area contributed by atoms with Crippen LogP contribution in [0.5, 0.6) is 0 Å². The maximum absolute atomic E-state index is 11.9. The van der Waals surface area contributed by atoms with Crippen molar-refractivity contribution in [1.82, 2.24) is 14.9 Å². The van der Waals surface area contributed by atoms with Crippen LogP contribution in [0.15, 0.2) is 27.5 Å². The Balaban J connectivity index is 2.01. The number of hydrogen-bond donors (Lipinski definition) is 3. The summed E-state index contributed by atoms with van der Waals surface area (Å²) in [6.07, 6.45) is -1.02. The molecule has 24 heavy (non-hydrogen) atoms. The van der Waals surface area contributed by atoms with Crippen LogP contribution in [0.1, 0.15) is 19.5 Å². The van der Waals surface area contributed by atoms with Gasteiger partial charge in [0.2, 0.25) is 0 Å². The molecular weight excluding hydrogens is 398 g/mol. The van der Waals surface area contributed by atoms with E-state index in [1.807, 2.05) is 0 Å². The van der Waals surface area contributed by atoms with Gasteiger partial charge in [0.25, 0.3) is 0 Å². The van der Waals surface area contributed by atoms with E-state index in [1.165, 1.54) is 16.2 Å². The molecule has 0 aliphatic rings. The van der Waals surface area contributed by atoms with Gasteiger partial charge < -0.3 is 10.0 Å². The van der Waals surface area contributed by atoms with Crippen LogP contribution in [0, 0.1) is 0 Å². The molecule has 0 aliphatic carbocycles. The molecule has 2 aromatic heterocycles. The smallest absolute Gasteiger partial charge is 0.407 e. The topological polar surface area (TPSA) is 107 Å². The van der Waals surface area contributed by atoms with E-state index in [0.717, 1.165) is 0 Å². The fourth-order valence-corrected chi connectivity index (χ4v) is 2.80. The number of rotatable bonds is 5. The SMILES string of the molecule is CC(C)N(Cc1cccc(NC(=O)Nc2csc(Br)n2)n1)C(=O)O. The molecule has 0 unspecified atom stereocenters. The van der Waals surface area contributed by atoms with Crippen molar-refractivity contribution in [1.29, 1.82) is 0 Å². The Morgan fingerprint density at radius 1 is 1.29 bits per heavy atom. The molecule has 0 saturated heterocycles. The monoisotopic (exact) mass is 413 g/mol. The highest BCUT2D eigenvalue weighted by atomic mass is 79.9. The van der Waals surface area contributed by atoms with Gasteiger partial charge in [-0.3, -0.25) is 10.6 Å². The molecule has 3 N–H and O–H groups in total. The number of nitrogens with one attached hydrogen (secondary N) is 2. The number of halogens is 1. The average Bonchev–Trinajstić information content (AvgIpc) is 2.89. The zero-order valence-electron chi connectivity index (χ0n) is 13.0. The Hall–Kier alpha value is -2.20. The third kappa shape index (κ3) is 5.17. The average molecular weight is 414 g/mol. The third-order valence-electron chi connectivity index (χ3n) is 2.97. The van der Waals surface area contributed by atoms with Gasteiger partial charge in [-0.05, 0) is 41.9 Å². The number of thiazole rings is 1. The van der Waals surface area contributed by atoms with E-state index >= 15 is 0 Å². The summed E-state index contributed by atoms with van der Waals surface area (Å²) >= 11 is 4.57. The van der Waals surface area contributed by atoms with Crippen LogP contribution < -0.4 is 10.6 Å². The van der Waals surface area contributed by atoms with Gasteiger partial charge in [-0.25, -0.2) is 19.6 Å². The lowest BCUT2D eigenvalue weighted by Gasteiger charge is -2.23. The summed E-state index contributed by atoms with van der Waals surface area (Å²) in [4.78, 5) is 32.7. The van der Waals surface area contributed by atoms with Gasteiger partial charge in [0.1, 0.15) is 11.6 Å².